The smallest absolute Gasteiger partial charge is 0.406 e. The predicted octanol–water partition coefficient (Wildman–Crippen LogP) is 4.61. The van der Waals surface area contributed by atoms with Gasteiger partial charge in [-0.2, -0.15) is 0 Å². The Bertz CT molecular complexity index is 447. The van der Waals surface area contributed by atoms with Crippen molar-refractivity contribution in [2.24, 2.45) is 0 Å². The van der Waals surface area contributed by atoms with Gasteiger partial charge in [-0.15, -0.1) is 13.2 Å². The molecule has 1 aromatic carbocycles. The molecule has 2 atom stereocenters. The molecule has 0 radical (unpaired) electrons. The number of rotatable bonds is 5. The molecular weight excluding hydrogens is 279 g/mol. The van der Waals surface area contributed by atoms with Gasteiger partial charge in [-0.1, -0.05) is 31.9 Å². The van der Waals surface area contributed by atoms with Gasteiger partial charge < -0.3 is 10.1 Å². The van der Waals surface area contributed by atoms with Gasteiger partial charge >= 0.3 is 6.36 Å². The van der Waals surface area contributed by atoms with Crippen molar-refractivity contribution < 1.29 is 17.9 Å². The molecule has 1 saturated carbocycles. The summed E-state index contributed by atoms with van der Waals surface area (Å²) in [6.45, 7) is 3.06. The van der Waals surface area contributed by atoms with E-state index in [1.165, 1.54) is 18.6 Å². The van der Waals surface area contributed by atoms with Gasteiger partial charge in [0, 0.05) is 6.04 Å². The number of halogens is 3. The van der Waals surface area contributed by atoms with E-state index in [0.29, 0.717) is 6.04 Å². The molecule has 21 heavy (non-hydrogen) atoms. The molecular formula is C16H22F3NO. The van der Waals surface area contributed by atoms with Crippen molar-refractivity contribution in [3.05, 3.63) is 29.8 Å². The van der Waals surface area contributed by atoms with Gasteiger partial charge in [0.25, 0.3) is 0 Å². The molecule has 1 aliphatic carbocycles. The first kappa shape index (κ1) is 16.1. The zero-order valence-electron chi connectivity index (χ0n) is 12.2. The van der Waals surface area contributed by atoms with Crippen LogP contribution in [0.1, 0.15) is 50.5 Å². The van der Waals surface area contributed by atoms with E-state index in [4.69, 9.17) is 0 Å². The average Bonchev–Trinajstić information content (AvgIpc) is 2.44. The zero-order valence-corrected chi connectivity index (χ0v) is 12.2. The third-order valence-electron chi connectivity index (χ3n) is 3.94. The Morgan fingerprint density at radius 2 is 2.00 bits per heavy atom. The maximum atomic E-state index is 12.3. The second kappa shape index (κ2) is 7.16. The molecule has 2 nitrogen and oxygen atoms in total. The summed E-state index contributed by atoms with van der Waals surface area (Å²) < 4.78 is 41.0. The lowest BCUT2D eigenvalue weighted by Gasteiger charge is -2.33. The number of benzene rings is 1. The van der Waals surface area contributed by atoms with Crippen LogP contribution in [0.5, 0.6) is 5.75 Å². The van der Waals surface area contributed by atoms with Gasteiger partial charge in [-0.25, -0.2) is 0 Å². The summed E-state index contributed by atoms with van der Waals surface area (Å²) in [4.78, 5) is 0. The van der Waals surface area contributed by atoms with E-state index in [-0.39, 0.29) is 11.7 Å². The summed E-state index contributed by atoms with van der Waals surface area (Å²) in [5.74, 6) is 0.141. The molecule has 0 spiro atoms. The van der Waals surface area contributed by atoms with Crippen LogP contribution in [-0.2, 0) is 0 Å². The lowest BCUT2D eigenvalue weighted by atomic mass is 9.80. The maximum Gasteiger partial charge on any atom is 0.573 e. The Balaban J connectivity index is 2.12. The number of hydrogen-bond donors (Lipinski definition) is 1. The van der Waals surface area contributed by atoms with Crippen molar-refractivity contribution in [3.63, 3.8) is 0 Å². The van der Waals surface area contributed by atoms with Crippen LogP contribution < -0.4 is 10.1 Å². The normalized spacial score (nSPS) is 23.0. The van der Waals surface area contributed by atoms with Crippen LogP contribution in [0, 0.1) is 0 Å². The first-order chi connectivity index (χ1) is 9.99. The van der Waals surface area contributed by atoms with E-state index in [1.807, 2.05) is 6.07 Å². The highest BCUT2D eigenvalue weighted by Gasteiger charge is 2.32. The summed E-state index contributed by atoms with van der Waals surface area (Å²) in [6, 6.07) is 6.78. The van der Waals surface area contributed by atoms with E-state index in [9.17, 15) is 13.2 Å². The second-order valence-electron chi connectivity index (χ2n) is 5.57. The third kappa shape index (κ3) is 4.92. The van der Waals surface area contributed by atoms with Crippen LogP contribution in [-0.4, -0.2) is 18.9 Å². The van der Waals surface area contributed by atoms with E-state index in [1.54, 1.807) is 6.07 Å². The van der Waals surface area contributed by atoms with Crippen molar-refractivity contribution >= 4 is 0 Å². The number of ether oxygens (including phenoxy) is 1. The molecule has 0 aliphatic heterocycles. The molecule has 118 valence electrons. The summed E-state index contributed by atoms with van der Waals surface area (Å²) >= 11 is 0. The number of alkyl halides is 3. The third-order valence-corrected chi connectivity index (χ3v) is 3.94. The Morgan fingerprint density at radius 3 is 2.71 bits per heavy atom. The fourth-order valence-corrected chi connectivity index (χ4v) is 3.05. The molecule has 5 heteroatoms. The fourth-order valence-electron chi connectivity index (χ4n) is 3.05. The Hall–Kier alpha value is -1.23. The van der Waals surface area contributed by atoms with Crippen molar-refractivity contribution in [2.75, 3.05) is 6.54 Å². The SMILES string of the molecule is CCCNC1CCCCC1c1cccc(OC(F)(F)F)c1. The molecule has 0 amide bonds. The topological polar surface area (TPSA) is 21.3 Å². The Kier molecular flexibility index (Phi) is 5.51. The van der Waals surface area contributed by atoms with E-state index in [2.05, 4.69) is 17.0 Å². The summed E-state index contributed by atoms with van der Waals surface area (Å²) in [7, 11) is 0. The molecule has 2 unspecified atom stereocenters. The van der Waals surface area contributed by atoms with Crippen molar-refractivity contribution in [2.45, 2.75) is 57.3 Å². The van der Waals surface area contributed by atoms with Crippen LogP contribution >= 0.6 is 0 Å². The van der Waals surface area contributed by atoms with Crippen molar-refractivity contribution in [3.8, 4) is 5.75 Å². The van der Waals surface area contributed by atoms with Gasteiger partial charge in [-0.05, 0) is 49.4 Å². The molecule has 0 heterocycles. The number of hydrogen-bond acceptors (Lipinski definition) is 2. The zero-order chi connectivity index (χ0) is 15.3. The van der Waals surface area contributed by atoms with Gasteiger partial charge in [0.05, 0.1) is 0 Å². The standard InChI is InChI=1S/C16H22F3NO/c1-2-10-20-15-9-4-3-8-14(15)12-6-5-7-13(11-12)21-16(17,18)19/h5-7,11,14-15,20H,2-4,8-10H2,1H3. The largest absolute Gasteiger partial charge is 0.573 e. The highest BCUT2D eigenvalue weighted by Crippen LogP contribution is 2.35. The Morgan fingerprint density at radius 1 is 1.24 bits per heavy atom. The first-order valence-corrected chi connectivity index (χ1v) is 7.58. The molecule has 1 aromatic rings. The van der Waals surface area contributed by atoms with Crippen LogP contribution in [0.2, 0.25) is 0 Å². The van der Waals surface area contributed by atoms with Crippen molar-refractivity contribution in [1.29, 1.82) is 0 Å². The predicted molar refractivity (Wildman–Crippen MR) is 76.4 cm³/mol. The van der Waals surface area contributed by atoms with Crippen LogP contribution in [0.25, 0.3) is 0 Å². The van der Waals surface area contributed by atoms with Gasteiger partial charge in [0.2, 0.25) is 0 Å². The highest BCUT2D eigenvalue weighted by atomic mass is 19.4. The highest BCUT2D eigenvalue weighted by molar-refractivity contribution is 5.32. The second-order valence-corrected chi connectivity index (χ2v) is 5.57. The minimum absolute atomic E-state index is 0.125. The molecule has 1 aliphatic rings. The lowest BCUT2D eigenvalue weighted by molar-refractivity contribution is -0.274. The lowest BCUT2D eigenvalue weighted by Crippen LogP contribution is -2.37. The minimum atomic E-state index is -4.63. The first-order valence-electron chi connectivity index (χ1n) is 7.58. The summed E-state index contributed by atoms with van der Waals surface area (Å²) in [5.41, 5.74) is 0.935. The molecule has 0 bridgehead atoms. The fraction of sp³-hybridized carbons (Fsp3) is 0.625. The molecule has 0 saturated heterocycles. The quantitative estimate of drug-likeness (QED) is 0.857. The molecule has 0 aromatic heterocycles. The minimum Gasteiger partial charge on any atom is -0.406 e. The van der Waals surface area contributed by atoms with Gasteiger partial charge in [0.15, 0.2) is 0 Å². The number of nitrogens with one attached hydrogen (secondary N) is 1. The van der Waals surface area contributed by atoms with E-state index < -0.39 is 6.36 Å². The molecule has 2 rings (SSSR count). The van der Waals surface area contributed by atoms with Crippen LogP contribution in [0.3, 0.4) is 0 Å². The van der Waals surface area contributed by atoms with Crippen molar-refractivity contribution in [1.82, 2.24) is 5.32 Å². The monoisotopic (exact) mass is 301 g/mol. The van der Waals surface area contributed by atoms with E-state index in [0.717, 1.165) is 37.8 Å². The van der Waals surface area contributed by atoms with Crippen LogP contribution in [0.4, 0.5) is 13.2 Å². The van der Waals surface area contributed by atoms with Crippen LogP contribution in [0.15, 0.2) is 24.3 Å². The Labute approximate surface area is 123 Å². The summed E-state index contributed by atoms with van der Waals surface area (Å²) in [5, 5.41) is 3.52. The van der Waals surface area contributed by atoms with Gasteiger partial charge in [0.1, 0.15) is 5.75 Å². The average molecular weight is 301 g/mol. The summed E-state index contributed by atoms with van der Waals surface area (Å²) in [6.07, 6.45) is 0.813. The van der Waals surface area contributed by atoms with E-state index >= 15 is 0 Å². The van der Waals surface area contributed by atoms with Gasteiger partial charge in [-0.3, -0.25) is 0 Å². The maximum absolute atomic E-state index is 12.3. The molecule has 1 N–H and O–H groups in total. The molecule has 1 fully saturated rings.